The Labute approximate surface area is 196 Å². The molecule has 33 heavy (non-hydrogen) atoms. The highest BCUT2D eigenvalue weighted by Gasteiger charge is 2.29. The highest BCUT2D eigenvalue weighted by Crippen LogP contribution is 2.26. The molecular formula is C23H24N4O4S2. The van der Waals surface area contributed by atoms with Crippen molar-refractivity contribution in [1.29, 1.82) is 0 Å². The Morgan fingerprint density at radius 3 is 2.42 bits per heavy atom. The van der Waals surface area contributed by atoms with E-state index >= 15 is 0 Å². The van der Waals surface area contributed by atoms with E-state index in [1.54, 1.807) is 47.8 Å². The number of hydrogen-bond donors (Lipinski definition) is 2. The topological polar surface area (TPSA) is 108 Å². The van der Waals surface area contributed by atoms with Gasteiger partial charge in [0.1, 0.15) is 6.54 Å². The molecule has 0 atom stereocenters. The van der Waals surface area contributed by atoms with Crippen LogP contribution in [0, 0.1) is 0 Å². The van der Waals surface area contributed by atoms with Gasteiger partial charge in [-0.25, -0.2) is 17.7 Å². The minimum atomic E-state index is -4.01. The number of thiazole rings is 1. The van der Waals surface area contributed by atoms with Gasteiger partial charge in [0.05, 0.1) is 16.1 Å². The highest BCUT2D eigenvalue weighted by atomic mass is 32.2. The predicted molar refractivity (Wildman–Crippen MR) is 128 cm³/mol. The van der Waals surface area contributed by atoms with Crippen LogP contribution in [0.2, 0.25) is 0 Å². The molecule has 10 heteroatoms. The lowest BCUT2D eigenvalue weighted by molar-refractivity contribution is -0.114. The van der Waals surface area contributed by atoms with Crippen LogP contribution in [0.15, 0.2) is 71.1 Å². The van der Waals surface area contributed by atoms with Crippen LogP contribution in [0.5, 0.6) is 0 Å². The Hall–Kier alpha value is -3.24. The molecule has 8 nitrogen and oxygen atoms in total. The normalized spacial score (nSPS) is 14.1. The maximum absolute atomic E-state index is 13.2. The molecule has 0 aliphatic heterocycles. The highest BCUT2D eigenvalue weighted by molar-refractivity contribution is 7.93. The second-order valence-electron chi connectivity index (χ2n) is 7.69. The second kappa shape index (κ2) is 10.1. The number of nitrogens with zero attached hydrogens (tertiary/aromatic N) is 2. The zero-order chi connectivity index (χ0) is 23.3. The SMILES string of the molecule is O=C(CN(c1nccs1)S(=O)(=O)c1ccccc1)Nc1ccccc1C(=O)NC1CCCC1. The van der Waals surface area contributed by atoms with Gasteiger partial charge in [-0.15, -0.1) is 11.3 Å². The third-order valence-corrected chi connectivity index (χ3v) is 8.05. The summed E-state index contributed by atoms with van der Waals surface area (Å²) in [4.78, 5) is 29.9. The Balaban J connectivity index is 1.54. The van der Waals surface area contributed by atoms with Gasteiger partial charge in [0.25, 0.3) is 15.9 Å². The monoisotopic (exact) mass is 484 g/mol. The smallest absolute Gasteiger partial charge is 0.266 e. The number of carbonyl (C=O) groups excluding carboxylic acids is 2. The number of carbonyl (C=O) groups is 2. The molecular weight excluding hydrogens is 460 g/mol. The lowest BCUT2D eigenvalue weighted by Crippen LogP contribution is -2.38. The minimum Gasteiger partial charge on any atom is -0.349 e. The average Bonchev–Trinajstić information content (AvgIpc) is 3.53. The van der Waals surface area contributed by atoms with Gasteiger partial charge in [0, 0.05) is 17.6 Å². The number of benzene rings is 2. The maximum Gasteiger partial charge on any atom is 0.266 e. The first kappa shape index (κ1) is 22.9. The first-order valence-electron chi connectivity index (χ1n) is 10.6. The van der Waals surface area contributed by atoms with Crippen LogP contribution in [0.3, 0.4) is 0 Å². The molecule has 1 aliphatic rings. The van der Waals surface area contributed by atoms with E-state index in [2.05, 4.69) is 15.6 Å². The zero-order valence-corrected chi connectivity index (χ0v) is 19.4. The molecule has 4 rings (SSSR count). The quantitative estimate of drug-likeness (QED) is 0.507. The summed E-state index contributed by atoms with van der Waals surface area (Å²) in [5, 5.41) is 7.54. The van der Waals surface area contributed by atoms with Crippen molar-refractivity contribution < 1.29 is 18.0 Å². The van der Waals surface area contributed by atoms with Crippen molar-refractivity contribution in [3.8, 4) is 0 Å². The summed E-state index contributed by atoms with van der Waals surface area (Å²) in [6, 6.07) is 14.7. The summed E-state index contributed by atoms with van der Waals surface area (Å²) in [5.74, 6) is -0.836. The van der Waals surface area contributed by atoms with Gasteiger partial charge in [0.15, 0.2) is 5.13 Å². The standard InChI is InChI=1S/C23H24N4O4S2/c28-21(26-20-13-7-6-12-19(20)22(29)25-17-8-4-5-9-17)16-27(23-24-14-15-32-23)33(30,31)18-10-2-1-3-11-18/h1-3,6-7,10-15,17H,4-5,8-9,16H2,(H,25,29)(H,26,28). The molecule has 0 bridgehead atoms. The Bertz CT molecular complexity index is 1210. The van der Waals surface area contributed by atoms with Crippen molar-refractivity contribution >= 4 is 44.0 Å². The largest absolute Gasteiger partial charge is 0.349 e. The molecule has 2 N–H and O–H groups in total. The van der Waals surface area contributed by atoms with E-state index in [0.29, 0.717) is 11.3 Å². The molecule has 1 fully saturated rings. The van der Waals surface area contributed by atoms with E-state index in [0.717, 1.165) is 41.3 Å². The summed E-state index contributed by atoms with van der Waals surface area (Å²) in [6.45, 7) is -0.483. The molecule has 0 unspecified atom stereocenters. The molecule has 1 aromatic heterocycles. The van der Waals surface area contributed by atoms with Crippen molar-refractivity contribution in [2.24, 2.45) is 0 Å². The van der Waals surface area contributed by atoms with Gasteiger partial charge in [-0.1, -0.05) is 43.2 Å². The maximum atomic E-state index is 13.2. The number of aromatic nitrogens is 1. The lowest BCUT2D eigenvalue weighted by atomic mass is 10.1. The fourth-order valence-electron chi connectivity index (χ4n) is 3.76. The van der Waals surface area contributed by atoms with E-state index < -0.39 is 22.5 Å². The zero-order valence-electron chi connectivity index (χ0n) is 17.8. The van der Waals surface area contributed by atoms with E-state index in [-0.39, 0.29) is 22.0 Å². The number of amides is 2. The first-order valence-corrected chi connectivity index (χ1v) is 12.9. The van der Waals surface area contributed by atoms with Crippen LogP contribution in [0.4, 0.5) is 10.8 Å². The fraction of sp³-hybridized carbons (Fsp3) is 0.261. The summed E-state index contributed by atoms with van der Waals surface area (Å²) in [7, 11) is -4.01. The van der Waals surface area contributed by atoms with E-state index in [9.17, 15) is 18.0 Å². The molecule has 1 aliphatic carbocycles. The molecule has 172 valence electrons. The van der Waals surface area contributed by atoms with E-state index in [1.165, 1.54) is 18.3 Å². The van der Waals surface area contributed by atoms with Crippen molar-refractivity contribution in [2.45, 2.75) is 36.6 Å². The molecule has 1 saturated carbocycles. The van der Waals surface area contributed by atoms with Crippen LogP contribution >= 0.6 is 11.3 Å². The summed E-state index contributed by atoms with van der Waals surface area (Å²) >= 11 is 1.12. The molecule has 0 radical (unpaired) electrons. The number of hydrogen-bond acceptors (Lipinski definition) is 6. The Morgan fingerprint density at radius 1 is 1.03 bits per heavy atom. The van der Waals surface area contributed by atoms with Crippen LogP contribution in [0.1, 0.15) is 36.0 Å². The number of nitrogens with one attached hydrogen (secondary N) is 2. The number of anilines is 2. The van der Waals surface area contributed by atoms with Crippen molar-refractivity contribution in [1.82, 2.24) is 10.3 Å². The molecule has 1 heterocycles. The first-order chi connectivity index (χ1) is 15.9. The van der Waals surface area contributed by atoms with Crippen LogP contribution < -0.4 is 14.9 Å². The average molecular weight is 485 g/mol. The van der Waals surface area contributed by atoms with Crippen LogP contribution in [-0.2, 0) is 14.8 Å². The summed E-state index contributed by atoms with van der Waals surface area (Å²) < 4.78 is 27.4. The number of para-hydroxylation sites is 1. The van der Waals surface area contributed by atoms with E-state index in [1.807, 2.05) is 0 Å². The van der Waals surface area contributed by atoms with Gasteiger partial charge < -0.3 is 10.6 Å². The number of rotatable bonds is 8. The van der Waals surface area contributed by atoms with E-state index in [4.69, 9.17) is 0 Å². The predicted octanol–water partition coefficient (Wildman–Crippen LogP) is 3.65. The molecule has 2 aromatic carbocycles. The van der Waals surface area contributed by atoms with Gasteiger partial charge in [-0.05, 0) is 37.1 Å². The lowest BCUT2D eigenvalue weighted by Gasteiger charge is -2.21. The van der Waals surface area contributed by atoms with Crippen molar-refractivity contribution in [3.63, 3.8) is 0 Å². The molecule has 0 spiro atoms. The molecule has 0 saturated heterocycles. The molecule has 2 amide bonds. The third-order valence-electron chi connectivity index (χ3n) is 5.39. The minimum absolute atomic E-state index is 0.0596. The summed E-state index contributed by atoms with van der Waals surface area (Å²) in [5.41, 5.74) is 0.665. The fourth-order valence-corrected chi connectivity index (χ4v) is 6.02. The number of sulfonamides is 1. The Kier molecular flexibility index (Phi) is 7.05. The van der Waals surface area contributed by atoms with Gasteiger partial charge in [0.2, 0.25) is 5.91 Å². The van der Waals surface area contributed by atoms with Crippen molar-refractivity contribution in [3.05, 3.63) is 71.7 Å². The Morgan fingerprint density at radius 2 is 1.73 bits per heavy atom. The van der Waals surface area contributed by atoms with Crippen LogP contribution in [0.25, 0.3) is 0 Å². The second-order valence-corrected chi connectivity index (χ2v) is 10.4. The summed E-state index contributed by atoms with van der Waals surface area (Å²) in [6.07, 6.45) is 5.55. The third kappa shape index (κ3) is 5.40. The van der Waals surface area contributed by atoms with Gasteiger partial charge >= 0.3 is 0 Å². The molecule has 3 aromatic rings. The van der Waals surface area contributed by atoms with Crippen LogP contribution in [-0.4, -0.2) is 37.8 Å². The van der Waals surface area contributed by atoms with Crippen molar-refractivity contribution in [2.75, 3.05) is 16.2 Å². The van der Waals surface area contributed by atoms with Gasteiger partial charge in [-0.2, -0.15) is 0 Å². The van der Waals surface area contributed by atoms with Gasteiger partial charge in [-0.3, -0.25) is 9.59 Å².